The molecule has 0 aromatic heterocycles. The van der Waals surface area contributed by atoms with Gasteiger partial charge < -0.3 is 25.1 Å². The predicted octanol–water partition coefficient (Wildman–Crippen LogP) is 1.75. The smallest absolute Gasteiger partial charge is 0.275 e. The van der Waals surface area contributed by atoms with Gasteiger partial charge in [-0.3, -0.25) is 0 Å². The van der Waals surface area contributed by atoms with Crippen LogP contribution in [0.2, 0.25) is 0 Å². The van der Waals surface area contributed by atoms with Crippen molar-refractivity contribution >= 4 is 0 Å². The number of rotatable bonds is 7. The molecule has 0 radical (unpaired) electrons. The number of hydrogen-bond donors (Lipinski definition) is 2. The first-order chi connectivity index (χ1) is 8.15. The highest BCUT2D eigenvalue weighted by atomic mass is 16.7. The molecule has 108 valence electrons. The molecule has 0 aromatic rings. The number of aliphatic hydroxyl groups excluding tert-OH is 1. The zero-order valence-corrected chi connectivity index (χ0v) is 12.3. The third-order valence-corrected chi connectivity index (χ3v) is 1.94. The zero-order valence-electron chi connectivity index (χ0n) is 12.3. The SMILES string of the molecule is CO[C@@H](N)C(O)C/C=C(\OC(C)C)OC(C)(C)C. The second kappa shape index (κ2) is 7.61. The van der Waals surface area contributed by atoms with E-state index >= 15 is 0 Å². The summed E-state index contributed by atoms with van der Waals surface area (Å²) in [4.78, 5) is 0. The van der Waals surface area contributed by atoms with Crippen molar-refractivity contribution in [3.8, 4) is 0 Å². The zero-order chi connectivity index (χ0) is 14.3. The maximum Gasteiger partial charge on any atom is 0.275 e. The summed E-state index contributed by atoms with van der Waals surface area (Å²) < 4.78 is 16.0. The van der Waals surface area contributed by atoms with E-state index in [2.05, 4.69) is 0 Å². The first-order valence-electron chi connectivity index (χ1n) is 6.18. The van der Waals surface area contributed by atoms with E-state index in [9.17, 15) is 5.11 Å². The average Bonchev–Trinajstić information content (AvgIpc) is 2.21. The minimum absolute atomic E-state index is 0.00633. The van der Waals surface area contributed by atoms with E-state index in [1.165, 1.54) is 7.11 Å². The van der Waals surface area contributed by atoms with Crippen LogP contribution in [0.15, 0.2) is 12.0 Å². The molecule has 3 N–H and O–H groups in total. The summed E-state index contributed by atoms with van der Waals surface area (Å²) in [5.74, 6) is 0.403. The van der Waals surface area contributed by atoms with Gasteiger partial charge in [0, 0.05) is 13.5 Å². The lowest BCUT2D eigenvalue weighted by atomic mass is 10.2. The Morgan fingerprint density at radius 1 is 1.33 bits per heavy atom. The monoisotopic (exact) mass is 261 g/mol. The molecular weight excluding hydrogens is 234 g/mol. The summed E-state index contributed by atoms with van der Waals surface area (Å²) in [6.45, 7) is 9.62. The van der Waals surface area contributed by atoms with Crippen LogP contribution in [0.4, 0.5) is 0 Å². The van der Waals surface area contributed by atoms with Crippen LogP contribution < -0.4 is 5.73 Å². The van der Waals surface area contributed by atoms with Gasteiger partial charge in [-0.2, -0.15) is 0 Å². The number of ether oxygens (including phenoxy) is 3. The topological polar surface area (TPSA) is 73.9 Å². The Bertz CT molecular complexity index is 258. The first-order valence-corrected chi connectivity index (χ1v) is 6.18. The van der Waals surface area contributed by atoms with Crippen molar-refractivity contribution in [2.75, 3.05) is 7.11 Å². The van der Waals surface area contributed by atoms with Crippen LogP contribution in [0.3, 0.4) is 0 Å². The summed E-state index contributed by atoms with van der Waals surface area (Å²) in [6.07, 6.45) is 0.509. The fraction of sp³-hybridized carbons (Fsp3) is 0.846. The molecule has 0 heterocycles. The minimum atomic E-state index is -0.788. The standard InChI is InChI=1S/C13H27NO4/c1-9(2)17-11(18-13(3,4)5)8-7-10(15)12(14)16-6/h8-10,12,15H,7,14H2,1-6H3/b11-8+/t10?,12-/m1/s1. The van der Waals surface area contributed by atoms with Gasteiger partial charge in [0.2, 0.25) is 0 Å². The van der Waals surface area contributed by atoms with Crippen molar-refractivity contribution in [3.05, 3.63) is 12.0 Å². The largest absolute Gasteiger partial charge is 0.463 e. The van der Waals surface area contributed by atoms with Gasteiger partial charge in [0.1, 0.15) is 11.8 Å². The Morgan fingerprint density at radius 2 is 1.89 bits per heavy atom. The van der Waals surface area contributed by atoms with Crippen molar-refractivity contribution in [1.82, 2.24) is 0 Å². The molecule has 5 heteroatoms. The molecule has 0 aromatic carbocycles. The van der Waals surface area contributed by atoms with E-state index < -0.39 is 12.3 Å². The Kier molecular flexibility index (Phi) is 7.28. The molecule has 2 atom stereocenters. The van der Waals surface area contributed by atoms with Crippen molar-refractivity contribution in [3.63, 3.8) is 0 Å². The summed E-state index contributed by atoms with van der Waals surface area (Å²) in [7, 11) is 1.45. The molecule has 0 aliphatic rings. The molecule has 0 bridgehead atoms. The Balaban J connectivity index is 4.55. The summed E-state index contributed by atoms with van der Waals surface area (Å²) in [5.41, 5.74) is 5.20. The summed E-state index contributed by atoms with van der Waals surface area (Å²) in [6, 6.07) is 0. The molecular formula is C13H27NO4. The highest BCUT2D eigenvalue weighted by molar-refractivity contribution is 4.90. The molecule has 0 aliphatic carbocycles. The molecule has 0 aliphatic heterocycles. The first kappa shape index (κ1) is 17.2. The molecule has 5 nitrogen and oxygen atoms in total. The number of nitrogens with two attached hydrogens (primary N) is 1. The van der Waals surface area contributed by atoms with E-state index in [1.54, 1.807) is 6.08 Å². The third-order valence-electron chi connectivity index (χ3n) is 1.94. The molecule has 1 unspecified atom stereocenters. The number of aliphatic hydroxyl groups is 1. The van der Waals surface area contributed by atoms with Crippen molar-refractivity contribution in [2.45, 2.75) is 65.1 Å². The van der Waals surface area contributed by atoms with Crippen LogP contribution >= 0.6 is 0 Å². The Morgan fingerprint density at radius 3 is 2.28 bits per heavy atom. The van der Waals surface area contributed by atoms with Crippen LogP contribution in [-0.2, 0) is 14.2 Å². The fourth-order valence-electron chi connectivity index (χ4n) is 1.16. The molecule has 0 saturated carbocycles. The fourth-order valence-corrected chi connectivity index (χ4v) is 1.16. The van der Waals surface area contributed by atoms with Crippen molar-refractivity contribution in [1.29, 1.82) is 0 Å². The van der Waals surface area contributed by atoms with E-state index in [4.69, 9.17) is 19.9 Å². The quantitative estimate of drug-likeness (QED) is 0.539. The second-order valence-electron chi connectivity index (χ2n) is 5.41. The lowest BCUT2D eigenvalue weighted by Crippen LogP contribution is -2.36. The van der Waals surface area contributed by atoms with Crippen LogP contribution in [0.5, 0.6) is 0 Å². The van der Waals surface area contributed by atoms with E-state index in [0.29, 0.717) is 12.4 Å². The molecule has 0 fully saturated rings. The molecule has 18 heavy (non-hydrogen) atoms. The predicted molar refractivity (Wildman–Crippen MR) is 70.8 cm³/mol. The van der Waals surface area contributed by atoms with Crippen LogP contribution in [0, 0.1) is 0 Å². The molecule has 0 rings (SSSR count). The second-order valence-corrected chi connectivity index (χ2v) is 5.41. The van der Waals surface area contributed by atoms with E-state index in [0.717, 1.165) is 0 Å². The van der Waals surface area contributed by atoms with Crippen LogP contribution in [-0.4, -0.2) is 36.3 Å². The van der Waals surface area contributed by atoms with Crippen molar-refractivity contribution < 1.29 is 19.3 Å². The van der Waals surface area contributed by atoms with Gasteiger partial charge in [-0.15, -0.1) is 0 Å². The lowest BCUT2D eigenvalue weighted by Gasteiger charge is -2.25. The maximum absolute atomic E-state index is 9.69. The van der Waals surface area contributed by atoms with Crippen molar-refractivity contribution in [2.24, 2.45) is 5.73 Å². The van der Waals surface area contributed by atoms with Gasteiger partial charge in [0.25, 0.3) is 5.95 Å². The molecule has 0 saturated heterocycles. The molecule has 0 spiro atoms. The molecule has 0 amide bonds. The number of hydrogen-bond acceptors (Lipinski definition) is 5. The van der Waals surface area contributed by atoms with Gasteiger partial charge in [0.15, 0.2) is 0 Å². The highest BCUT2D eigenvalue weighted by Crippen LogP contribution is 2.17. The Hall–Kier alpha value is -0.780. The van der Waals surface area contributed by atoms with Gasteiger partial charge in [-0.05, 0) is 40.7 Å². The van der Waals surface area contributed by atoms with Crippen LogP contribution in [0.25, 0.3) is 0 Å². The number of methoxy groups -OCH3 is 1. The van der Waals surface area contributed by atoms with Gasteiger partial charge >= 0.3 is 0 Å². The van der Waals surface area contributed by atoms with E-state index in [-0.39, 0.29) is 11.7 Å². The highest BCUT2D eigenvalue weighted by Gasteiger charge is 2.18. The summed E-state index contributed by atoms with van der Waals surface area (Å²) >= 11 is 0. The summed E-state index contributed by atoms with van der Waals surface area (Å²) in [5, 5.41) is 9.69. The Labute approximate surface area is 110 Å². The van der Waals surface area contributed by atoms with E-state index in [1.807, 2.05) is 34.6 Å². The normalized spacial score (nSPS) is 16.6. The average molecular weight is 261 g/mol. The van der Waals surface area contributed by atoms with Gasteiger partial charge in [0.05, 0.1) is 12.2 Å². The third kappa shape index (κ3) is 8.33. The minimum Gasteiger partial charge on any atom is -0.463 e. The lowest BCUT2D eigenvalue weighted by molar-refractivity contribution is -0.0632. The maximum atomic E-state index is 9.69. The van der Waals surface area contributed by atoms with Gasteiger partial charge in [-0.1, -0.05) is 0 Å². The van der Waals surface area contributed by atoms with Crippen LogP contribution in [0.1, 0.15) is 41.0 Å². The van der Waals surface area contributed by atoms with Gasteiger partial charge in [-0.25, -0.2) is 0 Å².